The molecular formula is C7H11NO3. The second-order valence-electron chi connectivity index (χ2n) is 1.94. The minimum Gasteiger partial charge on any atom is -0.466 e. The molecule has 0 aliphatic heterocycles. The minimum atomic E-state index is -0.314. The predicted molar refractivity (Wildman–Crippen MR) is 38.9 cm³/mol. The van der Waals surface area contributed by atoms with Gasteiger partial charge in [-0.1, -0.05) is 6.92 Å². The second kappa shape index (κ2) is 6.96. The molecular weight excluding hydrogens is 146 g/mol. The van der Waals surface area contributed by atoms with Crippen LogP contribution in [0, 0.1) is 0 Å². The summed E-state index contributed by atoms with van der Waals surface area (Å²) in [5, 5.41) is 0. The van der Waals surface area contributed by atoms with Gasteiger partial charge in [0.1, 0.15) is 0 Å². The predicted octanol–water partition coefficient (Wildman–Crippen LogP) is 0.665. The summed E-state index contributed by atoms with van der Waals surface area (Å²) in [6.07, 6.45) is 2.32. The molecule has 0 aromatic heterocycles. The van der Waals surface area contributed by atoms with Crippen LogP contribution in [-0.4, -0.2) is 25.2 Å². The third-order valence-corrected chi connectivity index (χ3v) is 0.959. The fraction of sp³-hybridized carbons (Fsp3) is 0.714. The molecule has 0 aliphatic rings. The van der Waals surface area contributed by atoms with Crippen LogP contribution in [-0.2, 0) is 14.3 Å². The standard InChI is InChI=1S/C7H11NO3/c1-2-5-11-7(10)3-4-8-6-9/h2-5H2,1H3. The average Bonchev–Trinajstić information content (AvgIpc) is 2.01. The summed E-state index contributed by atoms with van der Waals surface area (Å²) >= 11 is 0. The number of esters is 1. The quantitative estimate of drug-likeness (QED) is 0.334. The molecule has 62 valence electrons. The first-order valence-corrected chi connectivity index (χ1v) is 3.50. The Hall–Kier alpha value is -1.15. The van der Waals surface area contributed by atoms with Gasteiger partial charge >= 0.3 is 5.97 Å². The van der Waals surface area contributed by atoms with Crippen LogP contribution in [0.4, 0.5) is 0 Å². The van der Waals surface area contributed by atoms with Gasteiger partial charge < -0.3 is 4.74 Å². The van der Waals surface area contributed by atoms with Crippen LogP contribution in [0.15, 0.2) is 4.99 Å². The Labute approximate surface area is 65.3 Å². The van der Waals surface area contributed by atoms with Crippen molar-refractivity contribution in [3.05, 3.63) is 0 Å². The molecule has 0 N–H and O–H groups in total. The van der Waals surface area contributed by atoms with Gasteiger partial charge in [-0.3, -0.25) is 4.79 Å². The highest BCUT2D eigenvalue weighted by molar-refractivity contribution is 5.69. The van der Waals surface area contributed by atoms with E-state index in [0.717, 1.165) is 6.42 Å². The maximum atomic E-state index is 10.7. The van der Waals surface area contributed by atoms with Crippen LogP contribution in [0.5, 0.6) is 0 Å². The summed E-state index contributed by atoms with van der Waals surface area (Å²) < 4.78 is 4.71. The number of ether oxygens (including phenoxy) is 1. The van der Waals surface area contributed by atoms with Gasteiger partial charge in [-0.2, -0.15) is 0 Å². The maximum absolute atomic E-state index is 10.7. The van der Waals surface area contributed by atoms with E-state index in [-0.39, 0.29) is 18.9 Å². The van der Waals surface area contributed by atoms with E-state index in [2.05, 4.69) is 4.99 Å². The molecule has 0 unspecified atom stereocenters. The van der Waals surface area contributed by atoms with E-state index in [4.69, 9.17) is 4.74 Å². The zero-order chi connectivity index (χ0) is 8.53. The Bertz CT molecular complexity index is 161. The van der Waals surface area contributed by atoms with E-state index in [0.29, 0.717) is 6.61 Å². The van der Waals surface area contributed by atoms with Crippen molar-refractivity contribution >= 4 is 12.0 Å². The molecule has 0 atom stereocenters. The van der Waals surface area contributed by atoms with Gasteiger partial charge in [0.05, 0.1) is 19.6 Å². The smallest absolute Gasteiger partial charge is 0.307 e. The number of carbonyl (C=O) groups is 1. The zero-order valence-electron chi connectivity index (χ0n) is 6.50. The first kappa shape index (κ1) is 9.85. The molecule has 0 fully saturated rings. The Balaban J connectivity index is 3.29. The normalized spacial score (nSPS) is 8.45. The van der Waals surface area contributed by atoms with Crippen LogP contribution in [0.2, 0.25) is 0 Å². The van der Waals surface area contributed by atoms with Crippen molar-refractivity contribution in [3.8, 4) is 0 Å². The molecule has 0 aromatic rings. The fourth-order valence-electron chi connectivity index (χ4n) is 0.481. The van der Waals surface area contributed by atoms with Crippen molar-refractivity contribution in [1.82, 2.24) is 0 Å². The third kappa shape index (κ3) is 6.74. The van der Waals surface area contributed by atoms with Gasteiger partial charge in [-0.25, -0.2) is 9.79 Å². The number of carbonyl (C=O) groups excluding carboxylic acids is 2. The van der Waals surface area contributed by atoms with Gasteiger partial charge in [0.25, 0.3) is 0 Å². The Morgan fingerprint density at radius 1 is 1.64 bits per heavy atom. The molecule has 4 nitrogen and oxygen atoms in total. The lowest BCUT2D eigenvalue weighted by atomic mass is 10.4. The minimum absolute atomic E-state index is 0.162. The van der Waals surface area contributed by atoms with Gasteiger partial charge in [-0.05, 0) is 6.42 Å². The van der Waals surface area contributed by atoms with Crippen LogP contribution in [0.3, 0.4) is 0 Å². The Kier molecular flexibility index (Phi) is 6.24. The summed E-state index contributed by atoms with van der Waals surface area (Å²) in [5.41, 5.74) is 0. The topological polar surface area (TPSA) is 55.7 Å². The molecule has 0 heterocycles. The lowest BCUT2D eigenvalue weighted by molar-refractivity contribution is -0.143. The van der Waals surface area contributed by atoms with Crippen molar-refractivity contribution in [2.75, 3.05) is 13.2 Å². The van der Waals surface area contributed by atoms with Crippen LogP contribution in [0.25, 0.3) is 0 Å². The molecule has 0 aromatic carbocycles. The summed E-state index contributed by atoms with van der Waals surface area (Å²) in [6, 6.07) is 0. The molecule has 11 heavy (non-hydrogen) atoms. The van der Waals surface area contributed by atoms with E-state index in [1.165, 1.54) is 6.08 Å². The molecule has 4 heteroatoms. The first-order valence-electron chi connectivity index (χ1n) is 3.50. The Morgan fingerprint density at radius 3 is 2.91 bits per heavy atom. The zero-order valence-corrected chi connectivity index (χ0v) is 6.50. The summed E-state index contributed by atoms with van der Waals surface area (Å²) in [6.45, 7) is 2.52. The highest BCUT2D eigenvalue weighted by Gasteiger charge is 1.99. The molecule has 0 rings (SSSR count). The van der Waals surface area contributed by atoms with Gasteiger partial charge in [0.2, 0.25) is 6.08 Å². The highest BCUT2D eigenvalue weighted by Crippen LogP contribution is 1.88. The number of rotatable bonds is 5. The SMILES string of the molecule is CCCOC(=O)CCN=C=O. The van der Waals surface area contributed by atoms with E-state index < -0.39 is 0 Å². The van der Waals surface area contributed by atoms with Gasteiger partial charge in [0, 0.05) is 0 Å². The largest absolute Gasteiger partial charge is 0.466 e. The molecule has 0 saturated heterocycles. The van der Waals surface area contributed by atoms with E-state index >= 15 is 0 Å². The number of nitrogens with zero attached hydrogens (tertiary/aromatic N) is 1. The summed E-state index contributed by atoms with van der Waals surface area (Å²) in [7, 11) is 0. The van der Waals surface area contributed by atoms with Crippen molar-refractivity contribution in [2.24, 2.45) is 4.99 Å². The monoisotopic (exact) mass is 157 g/mol. The van der Waals surface area contributed by atoms with Crippen LogP contribution >= 0.6 is 0 Å². The number of hydrogen-bond acceptors (Lipinski definition) is 4. The van der Waals surface area contributed by atoms with E-state index in [1.807, 2.05) is 6.92 Å². The molecule has 0 amide bonds. The van der Waals surface area contributed by atoms with E-state index in [9.17, 15) is 9.59 Å². The lowest BCUT2D eigenvalue weighted by Crippen LogP contribution is -2.06. The van der Waals surface area contributed by atoms with Crippen molar-refractivity contribution in [2.45, 2.75) is 19.8 Å². The van der Waals surface area contributed by atoms with Crippen molar-refractivity contribution < 1.29 is 14.3 Å². The molecule has 0 bridgehead atoms. The summed E-state index contributed by atoms with van der Waals surface area (Å²) in [5.74, 6) is -0.314. The van der Waals surface area contributed by atoms with E-state index in [1.54, 1.807) is 0 Å². The number of aliphatic imine (C=N–C) groups is 1. The number of hydrogen-bond donors (Lipinski definition) is 0. The Morgan fingerprint density at radius 2 is 2.36 bits per heavy atom. The van der Waals surface area contributed by atoms with Crippen molar-refractivity contribution in [1.29, 1.82) is 0 Å². The fourth-order valence-corrected chi connectivity index (χ4v) is 0.481. The van der Waals surface area contributed by atoms with Crippen molar-refractivity contribution in [3.63, 3.8) is 0 Å². The highest BCUT2D eigenvalue weighted by atomic mass is 16.5. The maximum Gasteiger partial charge on any atom is 0.307 e. The number of isocyanates is 1. The second-order valence-corrected chi connectivity index (χ2v) is 1.94. The van der Waals surface area contributed by atoms with Crippen LogP contribution in [0.1, 0.15) is 19.8 Å². The lowest BCUT2D eigenvalue weighted by Gasteiger charge is -1.98. The molecule has 0 saturated carbocycles. The first-order chi connectivity index (χ1) is 5.31. The van der Waals surface area contributed by atoms with Gasteiger partial charge in [0.15, 0.2) is 0 Å². The molecule has 0 spiro atoms. The molecule has 0 aliphatic carbocycles. The summed E-state index contributed by atoms with van der Waals surface area (Å²) in [4.78, 5) is 23.4. The molecule has 0 radical (unpaired) electrons. The third-order valence-electron chi connectivity index (χ3n) is 0.959. The average molecular weight is 157 g/mol. The van der Waals surface area contributed by atoms with Gasteiger partial charge in [-0.15, -0.1) is 0 Å². The van der Waals surface area contributed by atoms with Crippen LogP contribution < -0.4 is 0 Å².